The molecule has 0 aliphatic rings. The van der Waals surface area contributed by atoms with Crippen LogP contribution in [0.3, 0.4) is 0 Å². The summed E-state index contributed by atoms with van der Waals surface area (Å²) in [5.74, 6) is -0.207. The van der Waals surface area contributed by atoms with E-state index in [1.807, 2.05) is 6.07 Å². The highest BCUT2D eigenvalue weighted by molar-refractivity contribution is 6.09. The second kappa shape index (κ2) is 5.33. The zero-order chi connectivity index (χ0) is 14.8. The summed E-state index contributed by atoms with van der Waals surface area (Å²) in [6.45, 7) is 5.35. The molecule has 4 nitrogen and oxygen atoms in total. The van der Waals surface area contributed by atoms with E-state index in [1.54, 1.807) is 57.2 Å². The molecular weight excluding hydrogens is 254 g/mol. The molecule has 2 rings (SSSR count). The number of hydrogen-bond donors (Lipinski definition) is 0. The molecule has 0 N–H and O–H groups in total. The molecule has 0 aliphatic carbocycles. The van der Waals surface area contributed by atoms with Crippen LogP contribution in [-0.2, 0) is 4.74 Å². The molecule has 0 saturated carbocycles. The third kappa shape index (κ3) is 3.15. The number of ether oxygens (including phenoxy) is 1. The van der Waals surface area contributed by atoms with Gasteiger partial charge in [0.2, 0.25) is 5.78 Å². The largest absolute Gasteiger partial charge is 0.443 e. The van der Waals surface area contributed by atoms with E-state index in [2.05, 4.69) is 0 Å². The van der Waals surface area contributed by atoms with Gasteiger partial charge in [-0.05, 0) is 32.9 Å². The minimum atomic E-state index is -0.603. The van der Waals surface area contributed by atoms with Gasteiger partial charge in [0.15, 0.2) is 0 Å². The Morgan fingerprint density at radius 2 is 1.65 bits per heavy atom. The maximum atomic E-state index is 12.4. The van der Waals surface area contributed by atoms with Gasteiger partial charge in [0.1, 0.15) is 5.60 Å². The molecule has 0 bridgehead atoms. The fraction of sp³-hybridized carbons (Fsp3) is 0.250. The lowest BCUT2D eigenvalue weighted by Gasteiger charge is -2.20. The fourth-order valence-corrected chi connectivity index (χ4v) is 1.77. The maximum absolute atomic E-state index is 12.4. The zero-order valence-electron chi connectivity index (χ0n) is 11.8. The first kappa shape index (κ1) is 14.1. The summed E-state index contributed by atoms with van der Waals surface area (Å²) in [7, 11) is 0. The van der Waals surface area contributed by atoms with Crippen molar-refractivity contribution in [3.05, 3.63) is 59.9 Å². The van der Waals surface area contributed by atoms with E-state index in [4.69, 9.17) is 4.74 Å². The van der Waals surface area contributed by atoms with E-state index in [0.717, 1.165) is 0 Å². The Morgan fingerprint density at radius 1 is 1.00 bits per heavy atom. The molecule has 0 atom stereocenters. The third-order valence-electron chi connectivity index (χ3n) is 2.61. The van der Waals surface area contributed by atoms with Gasteiger partial charge in [0, 0.05) is 11.8 Å². The first-order chi connectivity index (χ1) is 9.38. The lowest BCUT2D eigenvalue weighted by Crippen LogP contribution is -2.28. The van der Waals surface area contributed by atoms with E-state index in [-0.39, 0.29) is 5.78 Å². The van der Waals surface area contributed by atoms with E-state index < -0.39 is 11.7 Å². The van der Waals surface area contributed by atoms with E-state index >= 15 is 0 Å². The predicted octanol–water partition coefficient (Wildman–Crippen LogP) is 3.50. The van der Waals surface area contributed by atoms with E-state index in [1.165, 1.54) is 10.8 Å². The van der Waals surface area contributed by atoms with Crippen molar-refractivity contribution in [1.29, 1.82) is 0 Å². The van der Waals surface area contributed by atoms with E-state index in [0.29, 0.717) is 11.3 Å². The number of ketones is 1. The maximum Gasteiger partial charge on any atom is 0.419 e. The summed E-state index contributed by atoms with van der Waals surface area (Å²) in [4.78, 5) is 24.4. The van der Waals surface area contributed by atoms with Crippen LogP contribution >= 0.6 is 0 Å². The molecule has 104 valence electrons. The van der Waals surface area contributed by atoms with Gasteiger partial charge >= 0.3 is 6.09 Å². The van der Waals surface area contributed by atoms with Crippen LogP contribution in [0.2, 0.25) is 0 Å². The third-order valence-corrected chi connectivity index (χ3v) is 2.61. The molecule has 0 aliphatic heterocycles. The summed E-state index contributed by atoms with van der Waals surface area (Å²) >= 11 is 0. The number of carbonyl (C=O) groups excluding carboxylic acids is 2. The van der Waals surface area contributed by atoms with Crippen molar-refractivity contribution in [2.24, 2.45) is 0 Å². The molecule has 0 fully saturated rings. The monoisotopic (exact) mass is 271 g/mol. The Balaban J connectivity index is 2.30. The van der Waals surface area contributed by atoms with Gasteiger partial charge in [0.05, 0.1) is 5.69 Å². The molecule has 0 radical (unpaired) electrons. The molecule has 0 amide bonds. The van der Waals surface area contributed by atoms with Gasteiger partial charge in [-0.1, -0.05) is 30.3 Å². The van der Waals surface area contributed by atoms with Gasteiger partial charge in [-0.15, -0.1) is 0 Å². The Labute approximate surface area is 118 Å². The van der Waals surface area contributed by atoms with Crippen molar-refractivity contribution in [1.82, 2.24) is 4.57 Å². The molecule has 0 saturated heterocycles. The van der Waals surface area contributed by atoms with Crippen LogP contribution in [-0.4, -0.2) is 22.0 Å². The van der Waals surface area contributed by atoms with Crippen molar-refractivity contribution in [3.8, 4) is 0 Å². The van der Waals surface area contributed by atoms with Crippen molar-refractivity contribution in [2.75, 3.05) is 0 Å². The summed E-state index contributed by atoms with van der Waals surface area (Å²) in [6.07, 6.45) is 0.978. The van der Waals surface area contributed by atoms with Gasteiger partial charge in [-0.3, -0.25) is 4.79 Å². The Hall–Kier alpha value is -2.36. The average Bonchev–Trinajstić information content (AvgIpc) is 2.86. The minimum Gasteiger partial charge on any atom is -0.443 e. The Morgan fingerprint density at radius 3 is 2.25 bits per heavy atom. The zero-order valence-corrected chi connectivity index (χ0v) is 11.8. The van der Waals surface area contributed by atoms with Gasteiger partial charge < -0.3 is 4.74 Å². The number of nitrogens with zero attached hydrogens (tertiary/aromatic N) is 1. The number of hydrogen-bond acceptors (Lipinski definition) is 3. The molecule has 2 aromatic rings. The van der Waals surface area contributed by atoms with Crippen LogP contribution in [0.5, 0.6) is 0 Å². The standard InChI is InChI=1S/C16H17NO3/c1-16(2,3)20-15(19)17-11-7-10-13(17)14(18)12-8-5-4-6-9-12/h4-11H,1-3H3. The van der Waals surface area contributed by atoms with Gasteiger partial charge in [-0.25, -0.2) is 9.36 Å². The number of aromatic nitrogens is 1. The summed E-state index contributed by atoms with van der Waals surface area (Å²) in [5, 5.41) is 0. The van der Waals surface area contributed by atoms with Crippen molar-refractivity contribution >= 4 is 11.9 Å². The SMILES string of the molecule is CC(C)(C)OC(=O)n1cccc1C(=O)c1ccccc1. The van der Waals surface area contributed by atoms with Gasteiger partial charge in [0.25, 0.3) is 0 Å². The molecule has 1 heterocycles. The first-order valence-corrected chi connectivity index (χ1v) is 6.39. The van der Waals surface area contributed by atoms with Crippen LogP contribution in [0.1, 0.15) is 36.8 Å². The summed E-state index contributed by atoms with van der Waals surface area (Å²) in [5.41, 5.74) is 0.232. The molecule has 1 aromatic carbocycles. The molecule has 0 spiro atoms. The number of rotatable bonds is 2. The Kier molecular flexibility index (Phi) is 3.74. The number of carbonyl (C=O) groups is 2. The Bertz CT molecular complexity index is 621. The molecule has 1 aromatic heterocycles. The fourth-order valence-electron chi connectivity index (χ4n) is 1.77. The van der Waals surface area contributed by atoms with Crippen LogP contribution < -0.4 is 0 Å². The van der Waals surface area contributed by atoms with Crippen molar-refractivity contribution < 1.29 is 14.3 Å². The highest BCUT2D eigenvalue weighted by Crippen LogP contribution is 2.14. The quantitative estimate of drug-likeness (QED) is 0.785. The van der Waals surface area contributed by atoms with Crippen LogP contribution in [0, 0.1) is 0 Å². The normalized spacial score (nSPS) is 11.2. The van der Waals surface area contributed by atoms with Crippen molar-refractivity contribution in [3.63, 3.8) is 0 Å². The second-order valence-electron chi connectivity index (χ2n) is 5.44. The predicted molar refractivity (Wildman–Crippen MR) is 75.9 cm³/mol. The number of benzene rings is 1. The molecule has 4 heteroatoms. The lowest BCUT2D eigenvalue weighted by molar-refractivity contribution is 0.0529. The molecule has 0 unspecified atom stereocenters. The topological polar surface area (TPSA) is 48.3 Å². The smallest absolute Gasteiger partial charge is 0.419 e. The first-order valence-electron chi connectivity index (χ1n) is 6.39. The van der Waals surface area contributed by atoms with Crippen molar-refractivity contribution in [2.45, 2.75) is 26.4 Å². The minimum absolute atomic E-state index is 0.207. The summed E-state index contributed by atoms with van der Waals surface area (Å²) < 4.78 is 6.52. The molecule has 20 heavy (non-hydrogen) atoms. The van der Waals surface area contributed by atoms with Crippen LogP contribution in [0.25, 0.3) is 0 Å². The lowest BCUT2D eigenvalue weighted by atomic mass is 10.1. The molecular formula is C16H17NO3. The van der Waals surface area contributed by atoms with Crippen LogP contribution in [0.4, 0.5) is 4.79 Å². The second-order valence-corrected chi connectivity index (χ2v) is 5.44. The van der Waals surface area contributed by atoms with E-state index in [9.17, 15) is 9.59 Å². The van der Waals surface area contributed by atoms with Gasteiger partial charge in [-0.2, -0.15) is 0 Å². The summed E-state index contributed by atoms with van der Waals surface area (Å²) in [6, 6.07) is 12.1. The highest BCUT2D eigenvalue weighted by Gasteiger charge is 2.22. The highest BCUT2D eigenvalue weighted by atomic mass is 16.6. The van der Waals surface area contributed by atoms with Crippen LogP contribution in [0.15, 0.2) is 48.7 Å². The average molecular weight is 271 g/mol.